The summed E-state index contributed by atoms with van der Waals surface area (Å²) in [5, 5.41) is 9.50. The van der Waals surface area contributed by atoms with Gasteiger partial charge in [-0.25, -0.2) is 4.79 Å². The maximum Gasteiger partial charge on any atom is 0.379 e. The molecule has 1 aromatic rings. The third-order valence-electron chi connectivity index (χ3n) is 1.70. The van der Waals surface area contributed by atoms with Gasteiger partial charge in [-0.05, 0) is 19.1 Å². The summed E-state index contributed by atoms with van der Waals surface area (Å²) in [4.78, 5) is 25.9. The Morgan fingerprint density at radius 2 is 2.31 bits per heavy atom. The van der Waals surface area contributed by atoms with Crippen LogP contribution in [0.2, 0.25) is 0 Å². The van der Waals surface area contributed by atoms with Crippen molar-refractivity contribution in [1.82, 2.24) is 4.98 Å². The average Bonchev–Trinajstić information content (AvgIpc) is 2.30. The molecule has 5 nitrogen and oxygen atoms in total. The smallest absolute Gasteiger partial charge is 0.379 e. The molecule has 0 aromatic carbocycles. The van der Waals surface area contributed by atoms with Crippen LogP contribution in [0, 0.1) is 0 Å². The molecule has 1 aromatic heterocycles. The molecule has 0 saturated heterocycles. The van der Waals surface area contributed by atoms with Crippen LogP contribution in [0.3, 0.4) is 0 Å². The highest BCUT2D eigenvalue weighted by atomic mass is 16.5. The highest BCUT2D eigenvalue weighted by Crippen LogP contribution is 2.08. The Morgan fingerprint density at radius 1 is 1.56 bits per heavy atom. The number of ketones is 1. The van der Waals surface area contributed by atoms with Crippen LogP contribution in [-0.2, 0) is 14.3 Å². The highest BCUT2D eigenvalue weighted by molar-refractivity contribution is 6.39. The minimum absolute atomic E-state index is 0.117. The van der Waals surface area contributed by atoms with Gasteiger partial charge in [-0.3, -0.25) is 9.78 Å². The molecular weight excluding hydrogens is 210 g/mol. The van der Waals surface area contributed by atoms with Gasteiger partial charge >= 0.3 is 5.97 Å². The van der Waals surface area contributed by atoms with Gasteiger partial charge in [0.15, 0.2) is 0 Å². The quantitative estimate of drug-likeness (QED) is 0.356. The van der Waals surface area contributed by atoms with E-state index in [0.29, 0.717) is 5.56 Å². The Balaban J connectivity index is 2.78. The minimum Gasteiger partial charge on any atom is -0.507 e. The van der Waals surface area contributed by atoms with E-state index in [1.54, 1.807) is 19.1 Å². The van der Waals surface area contributed by atoms with E-state index in [1.807, 2.05) is 0 Å². The number of aliphatic hydroxyl groups excluding tert-OH is 1. The fourth-order valence-electron chi connectivity index (χ4n) is 0.983. The van der Waals surface area contributed by atoms with E-state index in [0.717, 1.165) is 6.08 Å². The molecule has 0 fully saturated rings. The molecular formula is C11H11NO4. The SMILES string of the molecule is CCOC(=O)C(=O)/C=C(\O)c1cccnc1. The van der Waals surface area contributed by atoms with Crippen molar-refractivity contribution in [2.75, 3.05) is 6.61 Å². The average molecular weight is 221 g/mol. The second-order valence-corrected chi connectivity index (χ2v) is 2.86. The molecule has 0 aliphatic rings. The van der Waals surface area contributed by atoms with E-state index in [2.05, 4.69) is 9.72 Å². The molecule has 1 N–H and O–H groups in total. The second-order valence-electron chi connectivity index (χ2n) is 2.86. The first-order valence-corrected chi connectivity index (χ1v) is 4.67. The van der Waals surface area contributed by atoms with Gasteiger partial charge in [-0.15, -0.1) is 0 Å². The van der Waals surface area contributed by atoms with E-state index in [9.17, 15) is 14.7 Å². The van der Waals surface area contributed by atoms with E-state index in [1.165, 1.54) is 12.4 Å². The zero-order valence-electron chi connectivity index (χ0n) is 8.71. The van der Waals surface area contributed by atoms with Crippen molar-refractivity contribution in [2.24, 2.45) is 0 Å². The predicted octanol–water partition coefficient (Wildman–Crippen LogP) is 1.11. The molecule has 0 unspecified atom stereocenters. The van der Waals surface area contributed by atoms with Crippen molar-refractivity contribution in [3.63, 3.8) is 0 Å². The normalized spacial score (nSPS) is 10.9. The first-order chi connectivity index (χ1) is 7.65. The number of aliphatic hydroxyl groups is 1. The molecule has 0 aliphatic carbocycles. The first kappa shape index (κ1) is 11.9. The maximum absolute atomic E-state index is 11.2. The van der Waals surface area contributed by atoms with Gasteiger partial charge in [0, 0.05) is 24.0 Å². The Morgan fingerprint density at radius 3 is 2.88 bits per heavy atom. The molecule has 84 valence electrons. The number of esters is 1. The van der Waals surface area contributed by atoms with Crippen molar-refractivity contribution in [3.05, 3.63) is 36.2 Å². The van der Waals surface area contributed by atoms with Crippen LogP contribution in [-0.4, -0.2) is 28.4 Å². The van der Waals surface area contributed by atoms with E-state index in [-0.39, 0.29) is 12.4 Å². The van der Waals surface area contributed by atoms with Crippen LogP contribution in [0.15, 0.2) is 30.6 Å². The van der Waals surface area contributed by atoms with E-state index < -0.39 is 11.8 Å². The Hall–Kier alpha value is -2.17. The number of carbonyl (C=O) groups is 2. The molecule has 0 atom stereocenters. The van der Waals surface area contributed by atoms with Crippen LogP contribution < -0.4 is 0 Å². The van der Waals surface area contributed by atoms with Gasteiger partial charge in [-0.1, -0.05) is 0 Å². The molecule has 5 heteroatoms. The fraction of sp³-hybridized carbons (Fsp3) is 0.182. The van der Waals surface area contributed by atoms with Gasteiger partial charge in [0.2, 0.25) is 0 Å². The van der Waals surface area contributed by atoms with Crippen LogP contribution in [0.4, 0.5) is 0 Å². The zero-order valence-corrected chi connectivity index (χ0v) is 8.71. The largest absolute Gasteiger partial charge is 0.507 e. The maximum atomic E-state index is 11.2. The van der Waals surface area contributed by atoms with Gasteiger partial charge in [0.05, 0.1) is 6.61 Å². The molecule has 0 saturated carbocycles. The molecule has 0 amide bonds. The lowest BCUT2D eigenvalue weighted by atomic mass is 10.2. The first-order valence-electron chi connectivity index (χ1n) is 4.67. The van der Waals surface area contributed by atoms with Crippen molar-refractivity contribution in [2.45, 2.75) is 6.92 Å². The lowest BCUT2D eigenvalue weighted by Gasteiger charge is -1.99. The summed E-state index contributed by atoms with van der Waals surface area (Å²) < 4.78 is 4.48. The van der Waals surface area contributed by atoms with Gasteiger partial charge in [0.25, 0.3) is 5.78 Å². The highest BCUT2D eigenvalue weighted by Gasteiger charge is 2.13. The van der Waals surface area contributed by atoms with Crippen molar-refractivity contribution >= 4 is 17.5 Å². The summed E-state index contributed by atoms with van der Waals surface area (Å²) in [5.41, 5.74) is 0.361. The minimum atomic E-state index is -0.988. The summed E-state index contributed by atoms with van der Waals surface area (Å²) in [6.07, 6.45) is 3.73. The summed E-state index contributed by atoms with van der Waals surface area (Å²) in [7, 11) is 0. The van der Waals surface area contributed by atoms with E-state index in [4.69, 9.17) is 0 Å². The lowest BCUT2D eigenvalue weighted by molar-refractivity contribution is -0.151. The molecule has 1 rings (SSSR count). The zero-order chi connectivity index (χ0) is 12.0. The Bertz CT molecular complexity index is 411. The Kier molecular flexibility index (Phi) is 4.20. The third kappa shape index (κ3) is 3.20. The van der Waals surface area contributed by atoms with Gasteiger partial charge in [-0.2, -0.15) is 0 Å². The molecule has 0 bridgehead atoms. The number of aromatic nitrogens is 1. The molecule has 0 aliphatic heterocycles. The van der Waals surface area contributed by atoms with Gasteiger partial charge < -0.3 is 9.84 Å². The second kappa shape index (κ2) is 5.65. The number of carbonyl (C=O) groups excluding carboxylic acids is 2. The van der Waals surface area contributed by atoms with E-state index >= 15 is 0 Å². The molecule has 1 heterocycles. The molecule has 16 heavy (non-hydrogen) atoms. The summed E-state index contributed by atoms with van der Waals surface area (Å²) in [6.45, 7) is 1.71. The number of ether oxygens (including phenoxy) is 1. The van der Waals surface area contributed by atoms with Crippen LogP contribution in [0.5, 0.6) is 0 Å². The van der Waals surface area contributed by atoms with Gasteiger partial charge in [0.1, 0.15) is 5.76 Å². The van der Waals surface area contributed by atoms with Crippen molar-refractivity contribution in [3.8, 4) is 0 Å². The number of nitrogens with zero attached hydrogens (tertiary/aromatic N) is 1. The summed E-state index contributed by atoms with van der Waals surface area (Å²) in [5.74, 6) is -2.20. The van der Waals surface area contributed by atoms with Crippen LogP contribution in [0.1, 0.15) is 12.5 Å². The standard InChI is InChI=1S/C11H11NO4/c1-2-16-11(15)10(14)6-9(13)8-4-3-5-12-7-8/h3-7,13H,2H2,1H3/b9-6-. The summed E-state index contributed by atoms with van der Waals surface area (Å²) >= 11 is 0. The summed E-state index contributed by atoms with van der Waals surface area (Å²) in [6, 6.07) is 3.17. The number of hydrogen-bond donors (Lipinski definition) is 1. The lowest BCUT2D eigenvalue weighted by Crippen LogP contribution is -2.15. The Labute approximate surface area is 92.4 Å². The fourth-order valence-corrected chi connectivity index (χ4v) is 0.983. The van der Waals surface area contributed by atoms with Crippen molar-refractivity contribution in [1.29, 1.82) is 0 Å². The molecule has 0 radical (unpaired) electrons. The topological polar surface area (TPSA) is 76.5 Å². The number of pyridine rings is 1. The molecule has 0 spiro atoms. The van der Waals surface area contributed by atoms with Crippen LogP contribution >= 0.6 is 0 Å². The van der Waals surface area contributed by atoms with Crippen molar-refractivity contribution < 1.29 is 19.4 Å². The monoisotopic (exact) mass is 221 g/mol. The number of hydrogen-bond acceptors (Lipinski definition) is 5. The third-order valence-corrected chi connectivity index (χ3v) is 1.70. The van der Waals surface area contributed by atoms with Crippen LogP contribution in [0.25, 0.3) is 5.76 Å². The predicted molar refractivity (Wildman–Crippen MR) is 56.5 cm³/mol. The number of rotatable bonds is 4.